The molecule has 0 spiro atoms. The maximum Gasteiger partial charge on any atom is 0.227 e. The Kier molecular flexibility index (Phi) is 3.86. The Bertz CT molecular complexity index is 909. The van der Waals surface area contributed by atoms with Gasteiger partial charge >= 0.3 is 0 Å². The first-order valence-corrected chi connectivity index (χ1v) is 6.99. The predicted molar refractivity (Wildman–Crippen MR) is 91.5 cm³/mol. The van der Waals surface area contributed by atoms with Crippen molar-refractivity contribution in [2.75, 3.05) is 0 Å². The van der Waals surface area contributed by atoms with Crippen LogP contribution in [0.2, 0.25) is 5.02 Å². The minimum absolute atomic E-state index is 0.0192. The molecule has 2 aromatic carbocycles. The second-order valence-electron chi connectivity index (χ2n) is 4.68. The first-order valence-electron chi connectivity index (χ1n) is 6.61. The van der Waals surface area contributed by atoms with Crippen molar-refractivity contribution in [3.8, 4) is 11.5 Å². The van der Waals surface area contributed by atoms with Gasteiger partial charge < -0.3 is 21.6 Å². The Morgan fingerprint density at radius 2 is 1.78 bits per heavy atom. The molecule has 3 aromatic rings. The van der Waals surface area contributed by atoms with E-state index in [2.05, 4.69) is 15.0 Å². The number of fused-ring (bicyclic) bond motifs is 1. The summed E-state index contributed by atoms with van der Waals surface area (Å²) >= 11 is 5.94. The van der Waals surface area contributed by atoms with Gasteiger partial charge in [-0.2, -0.15) is 4.99 Å². The number of oxazole rings is 1. The van der Waals surface area contributed by atoms with E-state index in [-0.39, 0.29) is 11.9 Å². The molecule has 0 radical (unpaired) electrons. The molecule has 1 aromatic heterocycles. The molecule has 23 heavy (non-hydrogen) atoms. The highest BCUT2D eigenvalue weighted by Crippen LogP contribution is 2.27. The number of aliphatic imine (C=N–C) groups is 2. The maximum atomic E-state index is 5.94. The molecule has 8 heteroatoms. The van der Waals surface area contributed by atoms with Gasteiger partial charge in [0, 0.05) is 10.6 Å². The van der Waals surface area contributed by atoms with Gasteiger partial charge in [-0.05, 0) is 42.5 Å². The minimum atomic E-state index is -0.145. The molecule has 7 nitrogen and oxygen atoms in total. The van der Waals surface area contributed by atoms with E-state index in [0.29, 0.717) is 27.7 Å². The topological polar surface area (TPSA) is 129 Å². The Hall–Kier alpha value is -3.06. The molecule has 6 N–H and O–H groups in total. The molecule has 0 aliphatic rings. The van der Waals surface area contributed by atoms with Crippen LogP contribution < -0.4 is 17.2 Å². The fraction of sp³-hybridized carbons (Fsp3) is 0. The van der Waals surface area contributed by atoms with E-state index in [0.717, 1.165) is 5.56 Å². The van der Waals surface area contributed by atoms with Gasteiger partial charge in [-0.3, -0.25) is 0 Å². The van der Waals surface area contributed by atoms with Crippen molar-refractivity contribution in [3.05, 3.63) is 47.5 Å². The predicted octanol–water partition coefficient (Wildman–Crippen LogP) is 2.37. The molecule has 0 unspecified atom stereocenters. The minimum Gasteiger partial charge on any atom is -0.436 e. The standard InChI is InChI=1S/C15H13ClN6O/c16-9-3-6-12-11(7-9)21-13(23-12)8-1-4-10(5-2-8)20-15(19)22-14(17)18/h1-7H,(H6,17,18,19,20,22). The summed E-state index contributed by atoms with van der Waals surface area (Å²) in [5, 5.41) is 0.609. The van der Waals surface area contributed by atoms with E-state index in [4.69, 9.17) is 33.2 Å². The summed E-state index contributed by atoms with van der Waals surface area (Å²) in [7, 11) is 0. The molecule has 1 heterocycles. The van der Waals surface area contributed by atoms with Crippen LogP contribution in [0.1, 0.15) is 0 Å². The number of halogens is 1. The van der Waals surface area contributed by atoms with Crippen LogP contribution in [0.15, 0.2) is 56.9 Å². The van der Waals surface area contributed by atoms with Crippen LogP contribution in [0.25, 0.3) is 22.6 Å². The van der Waals surface area contributed by atoms with Crippen LogP contribution in [0.5, 0.6) is 0 Å². The summed E-state index contributed by atoms with van der Waals surface area (Å²) in [4.78, 5) is 12.1. The van der Waals surface area contributed by atoms with Crippen LogP contribution in [-0.4, -0.2) is 16.9 Å². The van der Waals surface area contributed by atoms with E-state index in [1.165, 1.54) is 0 Å². The molecule has 116 valence electrons. The average molecular weight is 329 g/mol. The SMILES string of the molecule is NC(N)=NC(N)=Nc1ccc(-c2nc3cc(Cl)ccc3o2)cc1. The second-order valence-corrected chi connectivity index (χ2v) is 5.12. The highest BCUT2D eigenvalue weighted by atomic mass is 35.5. The third-order valence-electron chi connectivity index (χ3n) is 2.95. The lowest BCUT2D eigenvalue weighted by Gasteiger charge is -1.98. The Labute approximate surface area is 136 Å². The number of guanidine groups is 2. The summed E-state index contributed by atoms with van der Waals surface area (Å²) in [6, 6.07) is 12.4. The van der Waals surface area contributed by atoms with Crippen molar-refractivity contribution >= 4 is 40.3 Å². The quantitative estimate of drug-likeness (QED) is 0.491. The molecule has 3 rings (SSSR count). The summed E-state index contributed by atoms with van der Waals surface area (Å²) in [5.74, 6) is 0.331. The van der Waals surface area contributed by atoms with E-state index < -0.39 is 0 Å². The first-order chi connectivity index (χ1) is 11.0. The number of benzene rings is 2. The van der Waals surface area contributed by atoms with Crippen molar-refractivity contribution in [2.45, 2.75) is 0 Å². The molecule has 0 saturated heterocycles. The van der Waals surface area contributed by atoms with Crippen LogP contribution in [0.4, 0.5) is 5.69 Å². The fourth-order valence-electron chi connectivity index (χ4n) is 1.99. The Morgan fingerprint density at radius 3 is 2.48 bits per heavy atom. The van der Waals surface area contributed by atoms with Gasteiger partial charge in [0.05, 0.1) is 5.69 Å². The molecule has 0 amide bonds. The smallest absolute Gasteiger partial charge is 0.227 e. The van der Waals surface area contributed by atoms with Gasteiger partial charge in [0.15, 0.2) is 11.5 Å². The summed E-state index contributed by atoms with van der Waals surface area (Å²) < 4.78 is 5.70. The van der Waals surface area contributed by atoms with Crippen molar-refractivity contribution in [1.82, 2.24) is 4.98 Å². The largest absolute Gasteiger partial charge is 0.436 e. The highest BCUT2D eigenvalue weighted by Gasteiger charge is 2.08. The third-order valence-corrected chi connectivity index (χ3v) is 3.19. The van der Waals surface area contributed by atoms with Crippen LogP contribution in [0, 0.1) is 0 Å². The lowest BCUT2D eigenvalue weighted by atomic mass is 10.2. The van der Waals surface area contributed by atoms with Crippen LogP contribution in [0.3, 0.4) is 0 Å². The average Bonchev–Trinajstić information content (AvgIpc) is 2.90. The van der Waals surface area contributed by atoms with Crippen LogP contribution >= 0.6 is 11.6 Å². The lowest BCUT2D eigenvalue weighted by molar-refractivity contribution is 0.620. The number of nitrogens with two attached hydrogens (primary N) is 3. The normalized spacial score (nSPS) is 11.6. The van der Waals surface area contributed by atoms with Crippen molar-refractivity contribution < 1.29 is 4.42 Å². The Balaban J connectivity index is 1.90. The van der Waals surface area contributed by atoms with E-state index in [1.54, 1.807) is 30.3 Å². The molecule has 0 bridgehead atoms. The number of aromatic nitrogens is 1. The number of hydrogen-bond donors (Lipinski definition) is 3. The Morgan fingerprint density at radius 1 is 1.04 bits per heavy atom. The van der Waals surface area contributed by atoms with Crippen molar-refractivity contribution in [2.24, 2.45) is 27.2 Å². The van der Waals surface area contributed by atoms with Gasteiger partial charge in [-0.15, -0.1) is 0 Å². The van der Waals surface area contributed by atoms with E-state index in [9.17, 15) is 0 Å². The molecule has 0 atom stereocenters. The van der Waals surface area contributed by atoms with Gasteiger partial charge in [-0.25, -0.2) is 9.98 Å². The highest BCUT2D eigenvalue weighted by molar-refractivity contribution is 6.31. The third kappa shape index (κ3) is 3.41. The second kappa shape index (κ2) is 5.98. The molecular formula is C15H13ClN6O. The van der Waals surface area contributed by atoms with Crippen molar-refractivity contribution in [1.29, 1.82) is 0 Å². The monoisotopic (exact) mass is 328 g/mol. The molecule has 0 aliphatic heterocycles. The molecule has 0 fully saturated rings. The zero-order valence-corrected chi connectivity index (χ0v) is 12.7. The number of nitrogens with zero attached hydrogens (tertiary/aromatic N) is 3. The number of hydrogen-bond acceptors (Lipinski definition) is 3. The number of rotatable bonds is 2. The molecule has 0 aliphatic carbocycles. The maximum absolute atomic E-state index is 5.94. The summed E-state index contributed by atoms with van der Waals surface area (Å²) in [5.41, 5.74) is 18.8. The first kappa shape index (κ1) is 14.9. The van der Waals surface area contributed by atoms with Gasteiger partial charge in [0.1, 0.15) is 5.52 Å². The van der Waals surface area contributed by atoms with E-state index in [1.807, 2.05) is 12.1 Å². The zero-order chi connectivity index (χ0) is 16.4. The van der Waals surface area contributed by atoms with Gasteiger partial charge in [-0.1, -0.05) is 11.6 Å². The van der Waals surface area contributed by atoms with E-state index >= 15 is 0 Å². The fourth-order valence-corrected chi connectivity index (χ4v) is 2.16. The molecular weight excluding hydrogens is 316 g/mol. The van der Waals surface area contributed by atoms with Crippen molar-refractivity contribution in [3.63, 3.8) is 0 Å². The summed E-state index contributed by atoms with van der Waals surface area (Å²) in [6.07, 6.45) is 0. The zero-order valence-electron chi connectivity index (χ0n) is 11.9. The lowest BCUT2D eigenvalue weighted by Crippen LogP contribution is -2.26. The van der Waals surface area contributed by atoms with Gasteiger partial charge in [0.25, 0.3) is 0 Å². The van der Waals surface area contributed by atoms with Crippen LogP contribution in [-0.2, 0) is 0 Å². The summed E-state index contributed by atoms with van der Waals surface area (Å²) in [6.45, 7) is 0. The van der Waals surface area contributed by atoms with Gasteiger partial charge in [0.2, 0.25) is 11.9 Å². The molecule has 0 saturated carbocycles.